The molecular formula is C27H23NO5S. The molecule has 0 radical (unpaired) electrons. The molecule has 1 N–H and O–H groups in total. The molecule has 1 heterocycles. The van der Waals surface area contributed by atoms with Gasteiger partial charge >= 0.3 is 0 Å². The molecule has 1 aliphatic rings. The Labute approximate surface area is 198 Å². The first kappa shape index (κ1) is 22.0. The zero-order valence-electron chi connectivity index (χ0n) is 18.5. The van der Waals surface area contributed by atoms with Crippen LogP contribution in [-0.2, 0) is 20.2 Å². The van der Waals surface area contributed by atoms with E-state index >= 15 is 0 Å². The fourth-order valence-corrected chi connectivity index (χ4v) is 5.89. The van der Waals surface area contributed by atoms with Crippen LogP contribution in [0.25, 0.3) is 10.8 Å². The number of benzene rings is 4. The highest BCUT2D eigenvalue weighted by atomic mass is 32.2. The number of fused-ring (bicyclic) bond motifs is 2. The quantitative estimate of drug-likeness (QED) is 0.464. The van der Waals surface area contributed by atoms with E-state index in [2.05, 4.69) is 4.72 Å². The molecular weight excluding hydrogens is 450 g/mol. The first-order valence-corrected chi connectivity index (χ1v) is 12.4. The summed E-state index contributed by atoms with van der Waals surface area (Å²) >= 11 is 0. The molecule has 34 heavy (non-hydrogen) atoms. The molecule has 1 amide bonds. The van der Waals surface area contributed by atoms with Crippen molar-refractivity contribution in [1.82, 2.24) is 4.72 Å². The van der Waals surface area contributed by atoms with Crippen molar-refractivity contribution < 1.29 is 22.7 Å². The van der Waals surface area contributed by atoms with Crippen LogP contribution in [0.5, 0.6) is 11.5 Å². The standard InChI is InChI=1S/C27H23NO5S/c1-32-21-14-15-24-23(18-21)27(16-17-33-24,20-10-3-2-4-11-20)26(29)28-34(30,31)25-13-7-9-19-8-5-6-12-22(19)25/h2-15,18H,16-17H2,1H3,(H,28,29). The molecule has 0 fully saturated rings. The monoisotopic (exact) mass is 473 g/mol. The fourth-order valence-electron chi connectivity index (χ4n) is 4.63. The van der Waals surface area contributed by atoms with Gasteiger partial charge in [-0.2, -0.15) is 0 Å². The normalized spacial score (nSPS) is 17.4. The molecule has 0 aliphatic carbocycles. The fraction of sp³-hybridized carbons (Fsp3) is 0.148. The molecule has 0 saturated carbocycles. The van der Waals surface area contributed by atoms with Crippen molar-refractivity contribution in [2.75, 3.05) is 13.7 Å². The lowest BCUT2D eigenvalue weighted by Crippen LogP contribution is -2.50. The van der Waals surface area contributed by atoms with Gasteiger partial charge in [-0.1, -0.05) is 66.7 Å². The van der Waals surface area contributed by atoms with Gasteiger partial charge in [0.25, 0.3) is 10.0 Å². The third kappa shape index (κ3) is 3.58. The van der Waals surface area contributed by atoms with Gasteiger partial charge in [0.2, 0.25) is 5.91 Å². The van der Waals surface area contributed by atoms with Crippen LogP contribution in [0.15, 0.2) is 95.9 Å². The molecule has 1 unspecified atom stereocenters. The van der Waals surface area contributed by atoms with E-state index in [0.717, 1.165) is 5.39 Å². The Hall–Kier alpha value is -3.84. The molecule has 5 rings (SSSR count). The van der Waals surface area contributed by atoms with Crippen molar-refractivity contribution in [2.45, 2.75) is 16.7 Å². The van der Waals surface area contributed by atoms with Crippen LogP contribution in [0.3, 0.4) is 0 Å². The molecule has 0 saturated heterocycles. The van der Waals surface area contributed by atoms with E-state index in [1.54, 1.807) is 43.5 Å². The largest absolute Gasteiger partial charge is 0.497 e. The molecule has 0 spiro atoms. The Balaban J connectivity index is 1.66. The number of ether oxygens (including phenoxy) is 2. The Morgan fingerprint density at radius 1 is 0.941 bits per heavy atom. The molecule has 1 atom stereocenters. The molecule has 0 aromatic heterocycles. The lowest BCUT2D eigenvalue weighted by molar-refractivity contribution is -0.124. The van der Waals surface area contributed by atoms with Crippen LogP contribution >= 0.6 is 0 Å². The van der Waals surface area contributed by atoms with Crippen LogP contribution < -0.4 is 14.2 Å². The van der Waals surface area contributed by atoms with E-state index in [9.17, 15) is 13.2 Å². The molecule has 6 nitrogen and oxygen atoms in total. The Morgan fingerprint density at radius 2 is 1.68 bits per heavy atom. The Bertz CT molecular complexity index is 1480. The third-order valence-electron chi connectivity index (χ3n) is 6.30. The van der Waals surface area contributed by atoms with Crippen LogP contribution in [0.4, 0.5) is 0 Å². The highest BCUT2D eigenvalue weighted by Crippen LogP contribution is 2.45. The highest BCUT2D eigenvalue weighted by molar-refractivity contribution is 7.90. The number of amides is 1. The molecule has 4 aromatic rings. The number of hydrogen-bond donors (Lipinski definition) is 1. The van der Waals surface area contributed by atoms with Gasteiger partial charge in [-0.05, 0) is 35.2 Å². The molecule has 172 valence electrons. The second-order valence-electron chi connectivity index (χ2n) is 8.14. The molecule has 4 aromatic carbocycles. The van der Waals surface area contributed by atoms with E-state index in [0.29, 0.717) is 28.0 Å². The van der Waals surface area contributed by atoms with Gasteiger partial charge in [-0.15, -0.1) is 0 Å². The summed E-state index contributed by atoms with van der Waals surface area (Å²) in [6.07, 6.45) is 0.272. The minimum Gasteiger partial charge on any atom is -0.497 e. The summed E-state index contributed by atoms with van der Waals surface area (Å²) in [7, 11) is -2.63. The average molecular weight is 474 g/mol. The third-order valence-corrected chi connectivity index (χ3v) is 7.69. The van der Waals surface area contributed by atoms with Crippen LogP contribution in [0.1, 0.15) is 17.5 Å². The van der Waals surface area contributed by atoms with E-state index in [4.69, 9.17) is 9.47 Å². The zero-order chi connectivity index (χ0) is 23.8. The molecule has 1 aliphatic heterocycles. The SMILES string of the molecule is COc1ccc2c(c1)C(C(=O)NS(=O)(=O)c1cccc3ccccc13)(c1ccccc1)CCO2. The van der Waals surface area contributed by atoms with Crippen molar-refractivity contribution in [3.63, 3.8) is 0 Å². The summed E-state index contributed by atoms with van der Waals surface area (Å²) in [5.41, 5.74) is -0.0329. The highest BCUT2D eigenvalue weighted by Gasteiger charge is 2.47. The summed E-state index contributed by atoms with van der Waals surface area (Å²) < 4.78 is 40.7. The maximum Gasteiger partial charge on any atom is 0.264 e. The summed E-state index contributed by atoms with van der Waals surface area (Å²) in [6, 6.07) is 26.6. The first-order valence-electron chi connectivity index (χ1n) is 10.9. The lowest BCUT2D eigenvalue weighted by atomic mass is 9.70. The van der Waals surface area contributed by atoms with Gasteiger partial charge in [-0.3, -0.25) is 4.79 Å². The van der Waals surface area contributed by atoms with Crippen molar-refractivity contribution in [2.24, 2.45) is 0 Å². The van der Waals surface area contributed by atoms with Gasteiger partial charge in [0.15, 0.2) is 0 Å². The van der Waals surface area contributed by atoms with E-state index < -0.39 is 21.3 Å². The summed E-state index contributed by atoms with van der Waals surface area (Å²) in [4.78, 5) is 14.1. The summed E-state index contributed by atoms with van der Waals surface area (Å²) in [5, 5.41) is 1.32. The number of carbonyl (C=O) groups excluding carboxylic acids is 1. The number of methoxy groups -OCH3 is 1. The number of hydrogen-bond acceptors (Lipinski definition) is 5. The maximum absolute atomic E-state index is 14.0. The van der Waals surface area contributed by atoms with Crippen LogP contribution in [0, 0.1) is 0 Å². The second-order valence-corrected chi connectivity index (χ2v) is 9.79. The van der Waals surface area contributed by atoms with Crippen molar-refractivity contribution in [1.29, 1.82) is 0 Å². The van der Waals surface area contributed by atoms with Gasteiger partial charge in [0, 0.05) is 17.4 Å². The average Bonchev–Trinajstić information content (AvgIpc) is 2.87. The van der Waals surface area contributed by atoms with Crippen molar-refractivity contribution >= 4 is 26.7 Å². The molecule has 0 bridgehead atoms. The maximum atomic E-state index is 14.0. The van der Waals surface area contributed by atoms with Crippen LogP contribution in [0.2, 0.25) is 0 Å². The number of sulfonamides is 1. The van der Waals surface area contributed by atoms with E-state index in [-0.39, 0.29) is 17.9 Å². The minimum absolute atomic E-state index is 0.0556. The van der Waals surface area contributed by atoms with Gasteiger partial charge in [0.1, 0.15) is 16.9 Å². The zero-order valence-corrected chi connectivity index (χ0v) is 19.3. The predicted octanol–water partition coefficient (Wildman–Crippen LogP) is 4.42. The van der Waals surface area contributed by atoms with Crippen molar-refractivity contribution in [3.05, 3.63) is 102 Å². The van der Waals surface area contributed by atoms with Gasteiger partial charge < -0.3 is 9.47 Å². The Kier molecular flexibility index (Phi) is 5.49. The smallest absolute Gasteiger partial charge is 0.264 e. The second kappa shape index (κ2) is 8.50. The molecule has 7 heteroatoms. The topological polar surface area (TPSA) is 81.7 Å². The Morgan fingerprint density at radius 3 is 2.47 bits per heavy atom. The van der Waals surface area contributed by atoms with Gasteiger partial charge in [0.05, 0.1) is 18.6 Å². The van der Waals surface area contributed by atoms with E-state index in [1.807, 2.05) is 48.5 Å². The first-order chi connectivity index (χ1) is 16.5. The van der Waals surface area contributed by atoms with Crippen molar-refractivity contribution in [3.8, 4) is 11.5 Å². The number of nitrogens with one attached hydrogen (secondary N) is 1. The number of rotatable bonds is 5. The van der Waals surface area contributed by atoms with Gasteiger partial charge in [-0.25, -0.2) is 13.1 Å². The van der Waals surface area contributed by atoms with E-state index in [1.165, 1.54) is 6.07 Å². The number of carbonyl (C=O) groups is 1. The minimum atomic E-state index is -4.17. The predicted molar refractivity (Wildman–Crippen MR) is 130 cm³/mol. The lowest BCUT2D eigenvalue weighted by Gasteiger charge is -2.38. The summed E-state index contributed by atoms with van der Waals surface area (Å²) in [5.74, 6) is 0.437. The van der Waals surface area contributed by atoms with Crippen LogP contribution in [-0.4, -0.2) is 28.0 Å². The summed E-state index contributed by atoms with van der Waals surface area (Å²) in [6.45, 7) is 0.260.